The number of aromatic nitrogens is 4. The molecule has 17 heavy (non-hydrogen) atoms. The molecule has 2 aromatic rings. The first kappa shape index (κ1) is 11.2. The number of H-pyrrole nitrogens is 1. The number of rotatable bonds is 5. The van der Waals surface area contributed by atoms with Gasteiger partial charge in [-0.1, -0.05) is 23.7 Å². The van der Waals surface area contributed by atoms with E-state index >= 15 is 0 Å². The lowest BCUT2D eigenvalue weighted by molar-refractivity contribution is 0.301. The van der Waals surface area contributed by atoms with Gasteiger partial charge in [-0.15, -0.1) is 0 Å². The molecule has 0 saturated carbocycles. The summed E-state index contributed by atoms with van der Waals surface area (Å²) in [4.78, 5) is 15.1. The highest BCUT2D eigenvalue weighted by atomic mass is 16.5. The van der Waals surface area contributed by atoms with Crippen molar-refractivity contribution in [2.75, 3.05) is 6.61 Å². The maximum atomic E-state index is 5.53. The molecule has 2 aromatic heterocycles. The largest absolute Gasteiger partial charge is 0.476 e. The lowest BCUT2D eigenvalue weighted by Crippen LogP contribution is -2.00. The minimum atomic E-state index is 0.149. The molecule has 8 heteroatoms. The third kappa shape index (κ3) is 2.47. The normalized spacial score (nSPS) is 11.4. The lowest BCUT2D eigenvalue weighted by Gasteiger charge is -2.04. The Morgan fingerprint density at radius 1 is 1.47 bits per heavy atom. The van der Waals surface area contributed by atoms with E-state index in [-0.39, 0.29) is 5.95 Å². The van der Waals surface area contributed by atoms with Crippen molar-refractivity contribution >= 4 is 17.1 Å². The van der Waals surface area contributed by atoms with Gasteiger partial charge in [0, 0.05) is 0 Å². The fourth-order valence-corrected chi connectivity index (χ4v) is 1.31. The number of aromatic amines is 1. The summed E-state index contributed by atoms with van der Waals surface area (Å²) in [5.41, 5.74) is 1.13. The fourth-order valence-electron chi connectivity index (χ4n) is 1.31. The van der Waals surface area contributed by atoms with Gasteiger partial charge in [0.2, 0.25) is 5.88 Å². The van der Waals surface area contributed by atoms with Gasteiger partial charge >= 0.3 is 0 Å². The van der Waals surface area contributed by atoms with Crippen LogP contribution < -0.4 is 10.6 Å². The van der Waals surface area contributed by atoms with Gasteiger partial charge < -0.3 is 15.6 Å². The van der Waals surface area contributed by atoms with E-state index < -0.39 is 0 Å². The van der Waals surface area contributed by atoms with E-state index in [9.17, 15) is 0 Å². The zero-order valence-corrected chi connectivity index (χ0v) is 9.42. The van der Waals surface area contributed by atoms with E-state index in [0.29, 0.717) is 23.7 Å². The molecule has 2 rings (SSSR count). The molecule has 8 nitrogen and oxygen atoms in total. The van der Waals surface area contributed by atoms with Crippen LogP contribution in [0.1, 0.15) is 19.8 Å². The van der Waals surface area contributed by atoms with Gasteiger partial charge in [-0.25, -0.2) is 4.98 Å². The second kappa shape index (κ2) is 5.19. The Labute approximate surface area is 97.3 Å². The van der Waals surface area contributed by atoms with Gasteiger partial charge in [0.1, 0.15) is 0 Å². The van der Waals surface area contributed by atoms with Crippen molar-refractivity contribution in [1.29, 1.82) is 0 Å². The topological polar surface area (TPSA) is 114 Å². The smallest absolute Gasteiger partial charge is 0.276 e. The van der Waals surface area contributed by atoms with Gasteiger partial charge in [0.25, 0.3) is 5.95 Å². The highest BCUT2D eigenvalue weighted by Gasteiger charge is 2.10. The number of unbranched alkanes of at least 4 members (excludes halogenated alkanes) is 1. The number of imidazole rings is 1. The molecule has 0 saturated heterocycles. The Kier molecular flexibility index (Phi) is 3.43. The molecule has 90 valence electrons. The van der Waals surface area contributed by atoms with E-state index in [1.54, 1.807) is 0 Å². The number of fused-ring (bicyclic) bond motifs is 1. The summed E-state index contributed by atoms with van der Waals surface area (Å²) in [6.07, 6.45) is 3.52. The Morgan fingerprint density at radius 3 is 3.12 bits per heavy atom. The van der Waals surface area contributed by atoms with Gasteiger partial charge in [-0.05, 0) is 6.42 Å². The molecule has 0 aliphatic rings. The van der Waals surface area contributed by atoms with Gasteiger partial charge in [-0.3, -0.25) is 0 Å². The van der Waals surface area contributed by atoms with Crippen LogP contribution in [-0.4, -0.2) is 26.5 Å². The molecule has 3 N–H and O–H groups in total. The third-order valence-electron chi connectivity index (χ3n) is 2.12. The second-order valence-electron chi connectivity index (χ2n) is 3.35. The monoisotopic (exact) mass is 235 g/mol. The number of hydrogen-bond acceptors (Lipinski definition) is 6. The van der Waals surface area contributed by atoms with Crippen molar-refractivity contribution in [2.45, 2.75) is 19.8 Å². The molecular weight excluding hydrogens is 222 g/mol. The predicted molar refractivity (Wildman–Crippen MR) is 60.8 cm³/mol. The number of nitrogens with zero attached hydrogens (tertiary/aromatic N) is 5. The summed E-state index contributed by atoms with van der Waals surface area (Å²) in [5.74, 6) is 5.51. The molecule has 0 aliphatic heterocycles. The Hall–Kier alpha value is -2.25. The molecule has 2 heterocycles. The van der Waals surface area contributed by atoms with E-state index in [1.165, 1.54) is 6.33 Å². The summed E-state index contributed by atoms with van der Waals surface area (Å²) >= 11 is 0. The lowest BCUT2D eigenvalue weighted by atomic mass is 10.4. The first-order valence-corrected chi connectivity index (χ1v) is 5.30. The highest BCUT2D eigenvalue weighted by Crippen LogP contribution is 2.22. The number of ether oxygens (including phenoxy) is 1. The van der Waals surface area contributed by atoms with Crippen LogP contribution in [0.25, 0.3) is 11.2 Å². The van der Waals surface area contributed by atoms with Crippen LogP contribution in [0.3, 0.4) is 0 Å². The quantitative estimate of drug-likeness (QED) is 0.352. The van der Waals surface area contributed by atoms with Crippen molar-refractivity contribution < 1.29 is 4.74 Å². The summed E-state index contributed by atoms with van der Waals surface area (Å²) in [6, 6.07) is 0. The highest BCUT2D eigenvalue weighted by molar-refractivity contribution is 5.76. The van der Waals surface area contributed by atoms with Gasteiger partial charge in [0.15, 0.2) is 11.2 Å². The number of hydrogen-bond donors (Lipinski definition) is 2. The number of nitrogens with two attached hydrogens (primary N) is 1. The SMILES string of the molecule is CCCCOc1nc(N=NN)nc2[nH]cnc12. The Balaban J connectivity index is 2.33. The zero-order valence-electron chi connectivity index (χ0n) is 9.42. The fraction of sp³-hybridized carbons (Fsp3) is 0.444. The summed E-state index contributed by atoms with van der Waals surface area (Å²) in [7, 11) is 0. The minimum absolute atomic E-state index is 0.149. The average molecular weight is 235 g/mol. The van der Waals surface area contributed by atoms with E-state index in [2.05, 4.69) is 37.2 Å². The van der Waals surface area contributed by atoms with Crippen molar-refractivity contribution in [3.05, 3.63) is 6.33 Å². The van der Waals surface area contributed by atoms with Crippen molar-refractivity contribution in [1.82, 2.24) is 19.9 Å². The van der Waals surface area contributed by atoms with Crippen LogP contribution in [0, 0.1) is 0 Å². The van der Waals surface area contributed by atoms with E-state index in [1.807, 2.05) is 0 Å². The zero-order chi connectivity index (χ0) is 12.1. The van der Waals surface area contributed by atoms with Crippen LogP contribution >= 0.6 is 0 Å². The molecule has 0 aromatic carbocycles. The van der Waals surface area contributed by atoms with Gasteiger partial charge in [0.05, 0.1) is 12.9 Å². The molecule has 0 aliphatic carbocycles. The second-order valence-corrected chi connectivity index (χ2v) is 3.35. The number of nitrogens with one attached hydrogen (secondary N) is 1. The third-order valence-corrected chi connectivity index (χ3v) is 2.12. The first-order chi connectivity index (χ1) is 8.35. The van der Waals surface area contributed by atoms with Crippen molar-refractivity contribution in [3.63, 3.8) is 0 Å². The molecular formula is C9H13N7O. The molecule has 0 fully saturated rings. The molecule has 0 radical (unpaired) electrons. The molecule has 0 atom stereocenters. The maximum absolute atomic E-state index is 5.53. The first-order valence-electron chi connectivity index (χ1n) is 5.30. The van der Waals surface area contributed by atoms with Crippen LogP contribution in [0.15, 0.2) is 16.7 Å². The Bertz CT molecular complexity index is 521. The standard InChI is InChI=1S/C9H13N7O/c1-2-3-4-17-8-6-7(12-5-11-6)13-9(14-8)15-16-10/h5H,2-4H2,1H3,(H3,10,11,12,13,14,15). The maximum Gasteiger partial charge on any atom is 0.276 e. The molecule has 0 unspecified atom stereocenters. The minimum Gasteiger partial charge on any atom is -0.476 e. The van der Waals surface area contributed by atoms with E-state index in [4.69, 9.17) is 10.6 Å². The molecule has 0 spiro atoms. The molecule has 0 amide bonds. The predicted octanol–water partition coefficient (Wildman–Crippen LogP) is 1.49. The van der Waals surface area contributed by atoms with E-state index in [0.717, 1.165) is 12.8 Å². The average Bonchev–Trinajstić information content (AvgIpc) is 2.78. The van der Waals surface area contributed by atoms with Crippen molar-refractivity contribution in [2.24, 2.45) is 16.2 Å². The summed E-state index contributed by atoms with van der Waals surface area (Å²) in [6.45, 7) is 2.66. The summed E-state index contributed by atoms with van der Waals surface area (Å²) < 4.78 is 5.53. The van der Waals surface area contributed by atoms with Crippen LogP contribution in [0.4, 0.5) is 5.95 Å². The molecule has 0 bridgehead atoms. The van der Waals surface area contributed by atoms with Crippen LogP contribution in [0.5, 0.6) is 5.88 Å². The summed E-state index contributed by atoms with van der Waals surface area (Å²) in [5, 5.41) is 6.72. The van der Waals surface area contributed by atoms with Gasteiger partial charge in [-0.2, -0.15) is 9.97 Å². The van der Waals surface area contributed by atoms with Crippen LogP contribution in [0.2, 0.25) is 0 Å². The van der Waals surface area contributed by atoms with Crippen LogP contribution in [-0.2, 0) is 0 Å². The van der Waals surface area contributed by atoms with Crippen molar-refractivity contribution in [3.8, 4) is 5.88 Å². The Morgan fingerprint density at radius 2 is 2.35 bits per heavy atom.